The van der Waals surface area contributed by atoms with Gasteiger partial charge >= 0.3 is 6.18 Å². The molecule has 1 aromatic carbocycles. The molecular formula is C13H14BrF3N4S. The Kier molecular flexibility index (Phi) is 5.28. The van der Waals surface area contributed by atoms with Gasteiger partial charge in [0.2, 0.25) is 0 Å². The molecule has 0 saturated carbocycles. The van der Waals surface area contributed by atoms with Crippen LogP contribution in [-0.4, -0.2) is 16.0 Å². The Morgan fingerprint density at radius 2 is 2.09 bits per heavy atom. The van der Waals surface area contributed by atoms with Crippen LogP contribution in [0.2, 0.25) is 0 Å². The maximum absolute atomic E-state index is 12.7. The minimum absolute atomic E-state index is 0.181. The number of hydrogen-bond acceptors (Lipinski definition) is 4. The van der Waals surface area contributed by atoms with Gasteiger partial charge in [0.15, 0.2) is 0 Å². The van der Waals surface area contributed by atoms with Crippen LogP contribution in [0.1, 0.15) is 11.3 Å². The van der Waals surface area contributed by atoms with E-state index < -0.39 is 11.9 Å². The van der Waals surface area contributed by atoms with Crippen LogP contribution in [0.5, 0.6) is 0 Å². The number of nitrogens with one attached hydrogen (secondary N) is 2. The number of aryl methyl sites for hydroxylation is 1. The summed E-state index contributed by atoms with van der Waals surface area (Å²) in [6, 6.07) is 6.66. The lowest BCUT2D eigenvalue weighted by Gasteiger charge is -2.12. The van der Waals surface area contributed by atoms with Crippen molar-refractivity contribution in [3.05, 3.63) is 40.0 Å². The van der Waals surface area contributed by atoms with E-state index in [9.17, 15) is 13.2 Å². The summed E-state index contributed by atoms with van der Waals surface area (Å²) in [7, 11) is 1.27. The average molecular weight is 395 g/mol. The molecule has 1 heterocycles. The van der Waals surface area contributed by atoms with Crippen LogP contribution in [0.4, 0.5) is 24.7 Å². The molecule has 0 aliphatic rings. The van der Waals surface area contributed by atoms with Crippen LogP contribution in [0.25, 0.3) is 0 Å². The van der Waals surface area contributed by atoms with Gasteiger partial charge in [-0.05, 0) is 12.1 Å². The SMILES string of the molecule is CSNc1cccc(Br)c1CNc1cc(C(F)(F)F)n(C)n1. The molecule has 4 nitrogen and oxygen atoms in total. The molecule has 0 saturated heterocycles. The molecule has 2 N–H and O–H groups in total. The third kappa shape index (κ3) is 3.89. The largest absolute Gasteiger partial charge is 0.433 e. The van der Waals surface area contributed by atoms with Gasteiger partial charge in [0.1, 0.15) is 11.5 Å². The highest BCUT2D eigenvalue weighted by molar-refractivity contribution is 9.10. The average Bonchev–Trinajstić information content (AvgIpc) is 2.80. The smallest absolute Gasteiger partial charge is 0.364 e. The van der Waals surface area contributed by atoms with Crippen LogP contribution in [0, 0.1) is 0 Å². The summed E-state index contributed by atoms with van der Waals surface area (Å²) in [5, 5.41) is 6.76. The van der Waals surface area contributed by atoms with Crippen LogP contribution in [0.3, 0.4) is 0 Å². The first-order valence-electron chi connectivity index (χ1n) is 6.24. The van der Waals surface area contributed by atoms with Crippen molar-refractivity contribution in [2.45, 2.75) is 12.7 Å². The first-order chi connectivity index (χ1) is 10.3. The molecule has 0 atom stereocenters. The van der Waals surface area contributed by atoms with Gasteiger partial charge in [-0.2, -0.15) is 18.3 Å². The fourth-order valence-electron chi connectivity index (χ4n) is 1.94. The molecule has 0 bridgehead atoms. The van der Waals surface area contributed by atoms with Gasteiger partial charge in [-0.25, -0.2) is 0 Å². The summed E-state index contributed by atoms with van der Waals surface area (Å²) in [4.78, 5) is 0. The van der Waals surface area contributed by atoms with Crippen molar-refractivity contribution < 1.29 is 13.2 Å². The second kappa shape index (κ2) is 6.82. The van der Waals surface area contributed by atoms with Gasteiger partial charge in [-0.15, -0.1) is 0 Å². The predicted molar refractivity (Wildman–Crippen MR) is 86.8 cm³/mol. The van der Waals surface area contributed by atoms with Crippen LogP contribution >= 0.6 is 27.9 Å². The number of aromatic nitrogens is 2. The van der Waals surface area contributed by atoms with Gasteiger partial charge < -0.3 is 10.0 Å². The number of rotatable bonds is 5. The standard InChI is InChI=1S/C13H14BrF3N4S/c1-21-11(13(15,16)17)6-12(19-21)18-7-8-9(14)4-3-5-10(8)20-22-2/h3-6,20H,7H2,1-2H3,(H,18,19). The Hall–Kier alpha value is -1.35. The lowest BCUT2D eigenvalue weighted by atomic mass is 10.2. The number of hydrogen-bond donors (Lipinski definition) is 2. The summed E-state index contributed by atoms with van der Waals surface area (Å²) >= 11 is 4.89. The molecule has 0 radical (unpaired) electrons. The van der Waals surface area contributed by atoms with E-state index in [4.69, 9.17) is 0 Å². The van der Waals surface area contributed by atoms with E-state index in [-0.39, 0.29) is 5.82 Å². The fourth-order valence-corrected chi connectivity index (χ4v) is 2.86. The van der Waals surface area contributed by atoms with E-state index >= 15 is 0 Å². The number of benzene rings is 1. The predicted octanol–water partition coefficient (Wildman–Crippen LogP) is 4.50. The number of halogens is 4. The zero-order valence-electron chi connectivity index (χ0n) is 11.8. The van der Waals surface area contributed by atoms with Crippen LogP contribution in [0.15, 0.2) is 28.7 Å². The van der Waals surface area contributed by atoms with Gasteiger partial charge in [0, 0.05) is 36.0 Å². The third-order valence-electron chi connectivity index (χ3n) is 2.95. The van der Waals surface area contributed by atoms with Crippen molar-refractivity contribution in [2.75, 3.05) is 16.3 Å². The van der Waals surface area contributed by atoms with Gasteiger partial charge in [0.05, 0.1) is 5.69 Å². The van der Waals surface area contributed by atoms with Gasteiger partial charge in [0.25, 0.3) is 0 Å². The monoisotopic (exact) mass is 394 g/mol. The highest BCUT2D eigenvalue weighted by atomic mass is 79.9. The quantitative estimate of drug-likeness (QED) is 0.732. The molecule has 0 unspecified atom stereocenters. The molecule has 2 rings (SSSR count). The second-order valence-electron chi connectivity index (χ2n) is 4.46. The summed E-state index contributed by atoms with van der Waals surface area (Å²) in [5.74, 6) is 0.181. The van der Waals surface area contributed by atoms with Crippen molar-refractivity contribution >= 4 is 39.4 Å². The molecule has 0 fully saturated rings. The topological polar surface area (TPSA) is 41.9 Å². The first kappa shape index (κ1) is 17.0. The summed E-state index contributed by atoms with van der Waals surface area (Å²) < 4.78 is 43.1. The lowest BCUT2D eigenvalue weighted by Crippen LogP contribution is -2.11. The molecule has 2 aromatic rings. The number of anilines is 2. The van der Waals surface area contributed by atoms with Crippen molar-refractivity contribution in [1.29, 1.82) is 0 Å². The van der Waals surface area contributed by atoms with Crippen molar-refractivity contribution in [3.63, 3.8) is 0 Å². The highest BCUT2D eigenvalue weighted by Gasteiger charge is 2.34. The van der Waals surface area contributed by atoms with E-state index in [1.54, 1.807) is 0 Å². The van der Waals surface area contributed by atoms with Crippen molar-refractivity contribution in [2.24, 2.45) is 7.05 Å². The second-order valence-corrected chi connectivity index (χ2v) is 5.93. The summed E-state index contributed by atoms with van der Waals surface area (Å²) in [6.07, 6.45) is -2.52. The summed E-state index contributed by atoms with van der Waals surface area (Å²) in [6.45, 7) is 0.346. The third-order valence-corrected chi connectivity index (χ3v) is 4.11. The zero-order chi connectivity index (χ0) is 16.3. The van der Waals surface area contributed by atoms with Gasteiger partial charge in [-0.3, -0.25) is 4.68 Å². The minimum Gasteiger partial charge on any atom is -0.364 e. The zero-order valence-corrected chi connectivity index (χ0v) is 14.2. The molecule has 0 spiro atoms. The van der Waals surface area contributed by atoms with Gasteiger partial charge in [-0.1, -0.05) is 33.9 Å². The Morgan fingerprint density at radius 1 is 1.36 bits per heavy atom. The van der Waals surface area contributed by atoms with E-state index in [0.29, 0.717) is 6.54 Å². The molecular weight excluding hydrogens is 381 g/mol. The van der Waals surface area contributed by atoms with E-state index in [1.165, 1.54) is 19.0 Å². The molecule has 0 aliphatic heterocycles. The molecule has 0 aliphatic carbocycles. The normalized spacial score (nSPS) is 11.5. The molecule has 120 valence electrons. The van der Waals surface area contributed by atoms with Crippen molar-refractivity contribution in [1.82, 2.24) is 9.78 Å². The van der Waals surface area contributed by atoms with Crippen LogP contribution < -0.4 is 10.0 Å². The van der Waals surface area contributed by atoms with E-state index in [0.717, 1.165) is 26.5 Å². The summed E-state index contributed by atoms with van der Waals surface area (Å²) in [5.41, 5.74) is 1.02. The van der Waals surface area contributed by atoms with Crippen molar-refractivity contribution in [3.8, 4) is 0 Å². The van der Waals surface area contributed by atoms with Crippen LogP contribution in [-0.2, 0) is 19.8 Å². The lowest BCUT2D eigenvalue weighted by molar-refractivity contribution is -0.143. The Balaban J connectivity index is 2.17. The van der Waals surface area contributed by atoms with E-state index in [1.807, 2.05) is 24.5 Å². The molecule has 9 heteroatoms. The first-order valence-corrected chi connectivity index (χ1v) is 8.26. The minimum atomic E-state index is -4.42. The Bertz CT molecular complexity index is 657. The molecule has 0 amide bonds. The maximum Gasteiger partial charge on any atom is 0.433 e. The highest BCUT2D eigenvalue weighted by Crippen LogP contribution is 2.31. The van der Waals surface area contributed by atoms with E-state index in [2.05, 4.69) is 31.1 Å². The Morgan fingerprint density at radius 3 is 2.68 bits per heavy atom. The Labute approximate surface area is 138 Å². The molecule has 1 aromatic heterocycles. The number of nitrogens with zero attached hydrogens (tertiary/aromatic N) is 2. The maximum atomic E-state index is 12.7. The fraction of sp³-hybridized carbons (Fsp3) is 0.308. The number of alkyl halides is 3. The molecule has 22 heavy (non-hydrogen) atoms.